The molecule has 0 radical (unpaired) electrons. The van der Waals surface area contributed by atoms with Crippen molar-refractivity contribution in [2.24, 2.45) is 5.92 Å². The van der Waals surface area contributed by atoms with Crippen LogP contribution in [0.25, 0.3) is 0 Å². The second-order valence-electron chi connectivity index (χ2n) is 3.99. The lowest BCUT2D eigenvalue weighted by Crippen LogP contribution is -2.33. The summed E-state index contributed by atoms with van der Waals surface area (Å²) >= 11 is 0. The number of aromatic nitrogens is 2. The van der Waals surface area contributed by atoms with Crippen molar-refractivity contribution in [1.82, 2.24) is 15.5 Å². The summed E-state index contributed by atoms with van der Waals surface area (Å²) in [6.45, 7) is 6.29. The minimum absolute atomic E-state index is 0.0631. The first-order valence-corrected chi connectivity index (χ1v) is 4.89. The van der Waals surface area contributed by atoms with E-state index in [1.54, 1.807) is 6.20 Å². The van der Waals surface area contributed by atoms with Crippen molar-refractivity contribution in [3.63, 3.8) is 0 Å². The quantitative estimate of drug-likeness (QED) is 0.766. The van der Waals surface area contributed by atoms with Crippen molar-refractivity contribution in [2.75, 3.05) is 0 Å². The van der Waals surface area contributed by atoms with Gasteiger partial charge in [0.1, 0.15) is 0 Å². The van der Waals surface area contributed by atoms with E-state index in [4.69, 9.17) is 0 Å². The molecule has 1 rings (SSSR count). The maximum absolute atomic E-state index is 11.5. The normalized spacial score (nSPS) is 12.9. The molecule has 4 heteroatoms. The average molecular weight is 195 g/mol. The third-order valence-electron chi connectivity index (χ3n) is 1.96. The van der Waals surface area contributed by atoms with Crippen LogP contribution in [0.2, 0.25) is 0 Å². The predicted octanol–water partition coefficient (Wildman–Crippen LogP) is 1.57. The molecule has 1 heterocycles. The van der Waals surface area contributed by atoms with Crippen molar-refractivity contribution in [2.45, 2.75) is 33.2 Å². The van der Waals surface area contributed by atoms with E-state index >= 15 is 0 Å². The number of H-pyrrole nitrogens is 1. The number of nitrogens with one attached hydrogen (secondary N) is 2. The number of amides is 1. The highest BCUT2D eigenvalue weighted by Gasteiger charge is 2.11. The Morgan fingerprint density at radius 3 is 2.79 bits per heavy atom. The molecular weight excluding hydrogens is 178 g/mol. The van der Waals surface area contributed by atoms with Crippen LogP contribution in [0.5, 0.6) is 0 Å². The van der Waals surface area contributed by atoms with Crippen LogP contribution in [-0.2, 0) is 0 Å². The number of carbonyl (C=O) groups is 1. The molecule has 2 N–H and O–H groups in total. The van der Waals surface area contributed by atoms with Crippen LogP contribution in [0, 0.1) is 5.92 Å². The highest BCUT2D eigenvalue weighted by molar-refractivity contribution is 5.93. The summed E-state index contributed by atoms with van der Waals surface area (Å²) in [5, 5.41) is 9.25. The molecule has 1 unspecified atom stereocenters. The Morgan fingerprint density at radius 1 is 1.57 bits per heavy atom. The van der Waals surface area contributed by atoms with Crippen molar-refractivity contribution in [1.29, 1.82) is 0 Å². The minimum atomic E-state index is -0.0631. The van der Waals surface area contributed by atoms with Gasteiger partial charge in [-0.15, -0.1) is 0 Å². The van der Waals surface area contributed by atoms with Crippen molar-refractivity contribution >= 4 is 5.91 Å². The summed E-state index contributed by atoms with van der Waals surface area (Å²) in [5.74, 6) is 0.529. The summed E-state index contributed by atoms with van der Waals surface area (Å²) in [4.78, 5) is 11.5. The summed E-state index contributed by atoms with van der Waals surface area (Å²) < 4.78 is 0. The third-order valence-corrected chi connectivity index (χ3v) is 1.96. The molecule has 0 aliphatic carbocycles. The molecule has 0 aliphatic rings. The van der Waals surface area contributed by atoms with Gasteiger partial charge in [0.15, 0.2) is 0 Å². The molecule has 1 amide bonds. The van der Waals surface area contributed by atoms with Crippen molar-refractivity contribution in [3.05, 3.63) is 18.0 Å². The third kappa shape index (κ3) is 3.20. The van der Waals surface area contributed by atoms with Crippen LogP contribution < -0.4 is 5.32 Å². The van der Waals surface area contributed by atoms with E-state index < -0.39 is 0 Å². The Morgan fingerprint density at radius 2 is 2.29 bits per heavy atom. The van der Waals surface area contributed by atoms with Crippen LogP contribution in [0.1, 0.15) is 37.6 Å². The molecule has 0 aliphatic heterocycles. The maximum Gasteiger partial charge on any atom is 0.254 e. The minimum Gasteiger partial charge on any atom is -0.349 e. The Hall–Kier alpha value is -1.32. The number of hydrogen-bond acceptors (Lipinski definition) is 2. The lowest BCUT2D eigenvalue weighted by molar-refractivity contribution is 0.0936. The molecule has 0 saturated heterocycles. The first-order valence-electron chi connectivity index (χ1n) is 4.89. The van der Waals surface area contributed by atoms with Crippen LogP contribution in [0.4, 0.5) is 0 Å². The van der Waals surface area contributed by atoms with Crippen molar-refractivity contribution in [3.8, 4) is 0 Å². The van der Waals surface area contributed by atoms with Gasteiger partial charge in [-0.1, -0.05) is 13.8 Å². The van der Waals surface area contributed by atoms with Gasteiger partial charge in [0.2, 0.25) is 0 Å². The second kappa shape index (κ2) is 4.79. The van der Waals surface area contributed by atoms with E-state index in [9.17, 15) is 4.79 Å². The summed E-state index contributed by atoms with van der Waals surface area (Å²) in [5.41, 5.74) is 0.584. The number of rotatable bonds is 4. The zero-order chi connectivity index (χ0) is 10.6. The smallest absolute Gasteiger partial charge is 0.254 e. The topological polar surface area (TPSA) is 57.8 Å². The van der Waals surface area contributed by atoms with Gasteiger partial charge in [0.25, 0.3) is 5.91 Å². The van der Waals surface area contributed by atoms with E-state index in [0.29, 0.717) is 11.5 Å². The largest absolute Gasteiger partial charge is 0.349 e. The number of carbonyl (C=O) groups excluding carboxylic acids is 1. The fraction of sp³-hybridized carbons (Fsp3) is 0.600. The van der Waals surface area contributed by atoms with Crippen LogP contribution in [0.15, 0.2) is 12.4 Å². The second-order valence-corrected chi connectivity index (χ2v) is 3.99. The van der Waals surface area contributed by atoms with E-state index in [1.807, 2.05) is 6.92 Å². The summed E-state index contributed by atoms with van der Waals surface area (Å²) in [7, 11) is 0. The maximum atomic E-state index is 11.5. The van der Waals surface area contributed by atoms with Crippen molar-refractivity contribution < 1.29 is 4.79 Å². The molecule has 1 aromatic rings. The fourth-order valence-corrected chi connectivity index (χ4v) is 1.45. The molecule has 1 atom stereocenters. The molecule has 0 bridgehead atoms. The Bertz CT molecular complexity index is 280. The first kappa shape index (κ1) is 10.8. The van der Waals surface area contributed by atoms with Crippen LogP contribution in [-0.4, -0.2) is 22.1 Å². The zero-order valence-electron chi connectivity index (χ0n) is 8.87. The van der Waals surface area contributed by atoms with Gasteiger partial charge in [-0.2, -0.15) is 5.10 Å². The number of aromatic amines is 1. The van der Waals surface area contributed by atoms with Crippen LogP contribution in [0.3, 0.4) is 0 Å². The molecule has 0 fully saturated rings. The first-order chi connectivity index (χ1) is 6.59. The van der Waals surface area contributed by atoms with Gasteiger partial charge in [-0.3, -0.25) is 9.89 Å². The lowest BCUT2D eigenvalue weighted by Gasteiger charge is -2.15. The van der Waals surface area contributed by atoms with Gasteiger partial charge in [-0.25, -0.2) is 0 Å². The van der Waals surface area contributed by atoms with E-state index in [-0.39, 0.29) is 11.9 Å². The van der Waals surface area contributed by atoms with Crippen LogP contribution >= 0.6 is 0 Å². The van der Waals surface area contributed by atoms with Gasteiger partial charge < -0.3 is 5.32 Å². The Balaban J connectivity index is 2.41. The molecule has 78 valence electrons. The molecule has 0 aromatic carbocycles. The monoisotopic (exact) mass is 195 g/mol. The highest BCUT2D eigenvalue weighted by atomic mass is 16.1. The molecular formula is C10H17N3O. The molecule has 14 heavy (non-hydrogen) atoms. The molecule has 4 nitrogen and oxygen atoms in total. The van der Waals surface area contributed by atoms with Gasteiger partial charge in [-0.05, 0) is 19.3 Å². The van der Waals surface area contributed by atoms with Gasteiger partial charge in [0.05, 0.1) is 11.8 Å². The number of hydrogen-bond donors (Lipinski definition) is 2. The van der Waals surface area contributed by atoms with E-state index in [1.165, 1.54) is 6.20 Å². The van der Waals surface area contributed by atoms with E-state index in [2.05, 4.69) is 29.4 Å². The fourth-order valence-electron chi connectivity index (χ4n) is 1.45. The van der Waals surface area contributed by atoms with Gasteiger partial charge >= 0.3 is 0 Å². The van der Waals surface area contributed by atoms with Gasteiger partial charge in [0, 0.05) is 12.2 Å². The summed E-state index contributed by atoms with van der Waals surface area (Å²) in [6.07, 6.45) is 4.11. The standard InChI is InChI=1S/C10H17N3O/c1-7(2)4-8(3)13-10(14)9-5-11-12-6-9/h5-8H,4H2,1-3H3,(H,11,12)(H,13,14). The summed E-state index contributed by atoms with van der Waals surface area (Å²) in [6, 6.07) is 0.206. The SMILES string of the molecule is CC(C)CC(C)NC(=O)c1cn[nH]c1. The van der Waals surface area contributed by atoms with E-state index in [0.717, 1.165) is 6.42 Å². The highest BCUT2D eigenvalue weighted by Crippen LogP contribution is 2.04. The Labute approximate surface area is 84.1 Å². The molecule has 1 aromatic heterocycles. The molecule has 0 spiro atoms. The zero-order valence-corrected chi connectivity index (χ0v) is 8.87. The lowest BCUT2D eigenvalue weighted by atomic mass is 10.1. The molecule has 0 saturated carbocycles. The predicted molar refractivity (Wildman–Crippen MR) is 55.0 cm³/mol. The number of nitrogens with zero attached hydrogens (tertiary/aromatic N) is 1. The average Bonchev–Trinajstić information content (AvgIpc) is 2.53. The Kier molecular flexibility index (Phi) is 3.68.